The summed E-state index contributed by atoms with van der Waals surface area (Å²) < 4.78 is 22.6. The highest BCUT2D eigenvalue weighted by Gasteiger charge is 2.46. The van der Waals surface area contributed by atoms with Crippen LogP contribution in [-0.4, -0.2) is 66.1 Å². The third kappa shape index (κ3) is 6.16. The van der Waals surface area contributed by atoms with Crippen LogP contribution >= 0.6 is 0 Å². The lowest BCUT2D eigenvalue weighted by atomic mass is 9.94. The Morgan fingerprint density at radius 2 is 1.89 bits per heavy atom. The molecule has 0 radical (unpaired) electrons. The number of aliphatic imine (C=N–C) groups is 1. The predicted molar refractivity (Wildman–Crippen MR) is 136 cm³/mol. The van der Waals surface area contributed by atoms with E-state index in [1.807, 2.05) is 19.1 Å². The zero-order valence-electron chi connectivity index (χ0n) is 20.8. The van der Waals surface area contributed by atoms with E-state index in [1.54, 1.807) is 37.4 Å². The Labute approximate surface area is 213 Å². The van der Waals surface area contributed by atoms with Gasteiger partial charge in [0.05, 0.1) is 13.2 Å². The van der Waals surface area contributed by atoms with Crippen molar-refractivity contribution in [2.75, 3.05) is 13.2 Å². The van der Waals surface area contributed by atoms with Crippen molar-refractivity contribution in [1.82, 2.24) is 5.32 Å². The Morgan fingerprint density at radius 1 is 1.16 bits per heavy atom. The fraction of sp³-hybridized carbons (Fsp3) is 0.370. The molecule has 3 aromatic rings. The Hall–Kier alpha value is -3.73. The summed E-state index contributed by atoms with van der Waals surface area (Å²) in [6.07, 6.45) is -1.74. The number of amides is 1. The number of nitrogens with one attached hydrogen (secondary N) is 1. The maximum Gasteiger partial charge on any atom is 0.336 e. The van der Waals surface area contributed by atoms with E-state index in [0.717, 1.165) is 22.3 Å². The predicted octanol–water partition coefficient (Wildman–Crippen LogP) is 1.95. The number of benzene rings is 2. The van der Waals surface area contributed by atoms with Gasteiger partial charge < -0.3 is 34.2 Å². The number of aliphatic hydroxyl groups excluding tert-OH is 2. The maximum atomic E-state index is 11.9. The van der Waals surface area contributed by atoms with Crippen LogP contribution in [0.25, 0.3) is 11.0 Å². The summed E-state index contributed by atoms with van der Waals surface area (Å²) in [5.74, 6) is 0.614. The minimum atomic E-state index is -1.24. The number of rotatable bonds is 8. The minimum absolute atomic E-state index is 0.293. The van der Waals surface area contributed by atoms with Crippen molar-refractivity contribution in [3.63, 3.8) is 0 Å². The van der Waals surface area contributed by atoms with Crippen molar-refractivity contribution in [2.24, 2.45) is 4.99 Å². The molecular formula is C27H30N2O8. The number of ether oxygens (including phenoxy) is 3. The van der Waals surface area contributed by atoms with E-state index in [2.05, 4.69) is 10.3 Å². The smallest absolute Gasteiger partial charge is 0.336 e. The van der Waals surface area contributed by atoms with E-state index in [-0.39, 0.29) is 0 Å². The molecule has 0 bridgehead atoms. The summed E-state index contributed by atoms with van der Waals surface area (Å²) in [6, 6.07) is 11.7. The molecule has 0 spiro atoms. The van der Waals surface area contributed by atoms with Gasteiger partial charge in [0.1, 0.15) is 41.4 Å². The molecule has 1 saturated heterocycles. The number of aliphatic hydroxyl groups is 2. The number of aryl methyl sites for hydroxylation is 1. The standard InChI is InChI=1S/C27H30N2O8/c1-4-34-18-7-5-17(6-8-18)13-28-24-22(14-30)37-27(25(26(24)33)29-16(3)31)35-19-9-10-20-15(2)11-23(32)36-21(20)12-19/h5-13,22,24-27,30,33H,4,14H2,1-3H3,(H,29,31)/t22-,24-,25-,26+,27-/m1/s1. The van der Waals surface area contributed by atoms with Crippen molar-refractivity contribution in [2.45, 2.75) is 51.4 Å². The molecular weight excluding hydrogens is 480 g/mol. The molecule has 196 valence electrons. The largest absolute Gasteiger partial charge is 0.494 e. The van der Waals surface area contributed by atoms with Crippen LogP contribution in [0.2, 0.25) is 0 Å². The van der Waals surface area contributed by atoms with E-state index in [1.165, 1.54) is 19.1 Å². The molecule has 3 N–H and O–H groups in total. The van der Waals surface area contributed by atoms with E-state index in [0.29, 0.717) is 17.9 Å². The third-order valence-corrected chi connectivity index (χ3v) is 6.01. The highest BCUT2D eigenvalue weighted by atomic mass is 16.7. The monoisotopic (exact) mass is 510 g/mol. The van der Waals surface area contributed by atoms with E-state index in [4.69, 9.17) is 18.6 Å². The Morgan fingerprint density at radius 3 is 2.57 bits per heavy atom. The molecule has 4 rings (SSSR count). The average molecular weight is 511 g/mol. The van der Waals surface area contributed by atoms with Crippen molar-refractivity contribution >= 4 is 23.1 Å². The van der Waals surface area contributed by atoms with Crippen molar-refractivity contribution in [3.8, 4) is 11.5 Å². The number of carbonyl (C=O) groups is 1. The molecule has 10 nitrogen and oxygen atoms in total. The summed E-state index contributed by atoms with van der Waals surface area (Å²) in [5, 5.41) is 24.6. The number of hydrogen-bond donors (Lipinski definition) is 3. The highest BCUT2D eigenvalue weighted by Crippen LogP contribution is 2.28. The number of carbonyl (C=O) groups excluding carboxylic acids is 1. The molecule has 1 aliphatic rings. The van der Waals surface area contributed by atoms with E-state index in [9.17, 15) is 19.8 Å². The summed E-state index contributed by atoms with van der Waals surface area (Å²) in [4.78, 5) is 28.2. The first-order chi connectivity index (χ1) is 17.8. The highest BCUT2D eigenvalue weighted by molar-refractivity contribution is 5.81. The van der Waals surface area contributed by atoms with Gasteiger partial charge in [-0.2, -0.15) is 0 Å². The lowest BCUT2D eigenvalue weighted by Crippen LogP contribution is -2.65. The second-order valence-corrected chi connectivity index (χ2v) is 8.74. The summed E-state index contributed by atoms with van der Waals surface area (Å²) in [5.41, 5.74) is 1.35. The summed E-state index contributed by atoms with van der Waals surface area (Å²) in [6.45, 7) is 5.12. The van der Waals surface area contributed by atoms with Gasteiger partial charge in [-0.1, -0.05) is 0 Å². The van der Waals surface area contributed by atoms with Gasteiger partial charge in [-0.3, -0.25) is 9.79 Å². The molecule has 2 heterocycles. The Bertz CT molecular complexity index is 1320. The SMILES string of the molecule is CCOc1ccc(C=N[C@H]2[C@H](O)[C@@H](NC(C)=O)[C@H](Oc3ccc4c(C)cc(=O)oc4c3)O[C@@H]2CO)cc1. The molecule has 10 heteroatoms. The van der Waals surface area contributed by atoms with Crippen LogP contribution in [0.3, 0.4) is 0 Å². The number of nitrogens with zero attached hydrogens (tertiary/aromatic N) is 1. The van der Waals surface area contributed by atoms with Crippen LogP contribution in [0.4, 0.5) is 0 Å². The topological polar surface area (TPSA) is 140 Å². The fourth-order valence-corrected chi connectivity index (χ4v) is 4.26. The second-order valence-electron chi connectivity index (χ2n) is 8.74. The maximum absolute atomic E-state index is 11.9. The van der Waals surface area contributed by atoms with Crippen molar-refractivity contribution in [3.05, 3.63) is 70.1 Å². The fourth-order valence-electron chi connectivity index (χ4n) is 4.26. The molecule has 1 fully saturated rings. The first-order valence-corrected chi connectivity index (χ1v) is 12.0. The van der Waals surface area contributed by atoms with Gasteiger partial charge in [0, 0.05) is 30.7 Å². The first kappa shape index (κ1) is 26.3. The van der Waals surface area contributed by atoms with Crippen molar-refractivity contribution in [1.29, 1.82) is 0 Å². The lowest BCUT2D eigenvalue weighted by molar-refractivity contribution is -0.209. The van der Waals surface area contributed by atoms with Gasteiger partial charge in [-0.05, 0) is 61.4 Å². The molecule has 1 aromatic heterocycles. The molecule has 1 aliphatic heterocycles. The lowest BCUT2D eigenvalue weighted by Gasteiger charge is -2.42. The van der Waals surface area contributed by atoms with Crippen LogP contribution in [0, 0.1) is 6.92 Å². The van der Waals surface area contributed by atoms with Crippen LogP contribution in [0.15, 0.2) is 62.7 Å². The normalized spacial score (nSPS) is 23.8. The zero-order valence-corrected chi connectivity index (χ0v) is 20.8. The van der Waals surface area contributed by atoms with Gasteiger partial charge in [0.2, 0.25) is 12.2 Å². The number of hydrogen-bond acceptors (Lipinski definition) is 9. The Kier molecular flexibility index (Phi) is 8.22. The van der Waals surface area contributed by atoms with Gasteiger partial charge in [-0.25, -0.2) is 4.79 Å². The molecule has 0 aliphatic carbocycles. The average Bonchev–Trinajstić information content (AvgIpc) is 2.86. The Balaban J connectivity index is 1.58. The van der Waals surface area contributed by atoms with Gasteiger partial charge in [-0.15, -0.1) is 0 Å². The van der Waals surface area contributed by atoms with E-state index < -0.39 is 48.7 Å². The van der Waals surface area contributed by atoms with Crippen molar-refractivity contribution < 1.29 is 33.6 Å². The van der Waals surface area contributed by atoms with Gasteiger partial charge >= 0.3 is 5.63 Å². The minimum Gasteiger partial charge on any atom is -0.494 e. The molecule has 2 aromatic carbocycles. The molecule has 1 amide bonds. The van der Waals surface area contributed by atoms with Crippen LogP contribution in [0.5, 0.6) is 11.5 Å². The zero-order chi connectivity index (χ0) is 26.5. The van der Waals surface area contributed by atoms with Crippen LogP contribution in [0.1, 0.15) is 25.0 Å². The molecule has 0 unspecified atom stereocenters. The first-order valence-electron chi connectivity index (χ1n) is 12.0. The molecule has 5 atom stereocenters. The van der Waals surface area contributed by atoms with Crippen LogP contribution < -0.4 is 20.4 Å². The van der Waals surface area contributed by atoms with E-state index >= 15 is 0 Å². The third-order valence-electron chi connectivity index (χ3n) is 6.01. The van der Waals surface area contributed by atoms with Crippen LogP contribution in [-0.2, 0) is 9.53 Å². The van der Waals surface area contributed by atoms with Gasteiger partial charge in [0.15, 0.2) is 0 Å². The molecule has 0 saturated carbocycles. The van der Waals surface area contributed by atoms with Gasteiger partial charge in [0.25, 0.3) is 0 Å². The summed E-state index contributed by atoms with van der Waals surface area (Å²) >= 11 is 0. The number of fused-ring (bicyclic) bond motifs is 1. The molecule has 37 heavy (non-hydrogen) atoms. The quantitative estimate of drug-likeness (QED) is 0.309. The summed E-state index contributed by atoms with van der Waals surface area (Å²) in [7, 11) is 0. The second kappa shape index (κ2) is 11.5.